The van der Waals surface area contributed by atoms with Crippen LogP contribution in [-0.4, -0.2) is 0 Å². The number of hydrogen-bond donors (Lipinski definition) is 0. The van der Waals surface area contributed by atoms with Crippen LogP contribution in [0, 0.1) is 0 Å². The maximum atomic E-state index is 7.09. The third-order valence-corrected chi connectivity index (χ3v) is 28.3. The van der Waals surface area contributed by atoms with Gasteiger partial charge in [-0.05, 0) is 247 Å². The van der Waals surface area contributed by atoms with Gasteiger partial charge in [-0.2, -0.15) is 0 Å². The van der Waals surface area contributed by atoms with Crippen molar-refractivity contribution in [1.82, 2.24) is 0 Å². The van der Waals surface area contributed by atoms with Crippen LogP contribution in [0.25, 0.3) is 208 Å². The number of para-hydroxylation sites is 5. The third kappa shape index (κ3) is 15.7. The summed E-state index contributed by atoms with van der Waals surface area (Å²) in [6, 6.07) is 196. The van der Waals surface area contributed by atoms with Gasteiger partial charge in [0.25, 0.3) is 0 Å². The largest absolute Gasteiger partial charge is 0.453 e. The fourth-order valence-electron chi connectivity index (χ4n) is 21.4. The van der Waals surface area contributed by atoms with Gasteiger partial charge in [-0.25, -0.2) is 0 Å². The predicted molar refractivity (Wildman–Crippen MR) is 608 cm³/mol. The first-order valence-electron chi connectivity index (χ1n) is 49.1. The van der Waals surface area contributed by atoms with Gasteiger partial charge in [0.1, 0.15) is 16.7 Å². The highest BCUT2D eigenvalue weighted by molar-refractivity contribution is 6.27. The van der Waals surface area contributed by atoms with Crippen LogP contribution in [-0.2, 0) is 0 Å². The van der Waals surface area contributed by atoms with Gasteiger partial charge in [-0.1, -0.05) is 431 Å². The zero-order chi connectivity index (χ0) is 95.3. The average molecular weight is 1840 g/mol. The first kappa shape index (κ1) is 85.3. The maximum absolute atomic E-state index is 7.09. The molecule has 0 fully saturated rings. The molecule has 0 N–H and O–H groups in total. The molecule has 0 aliphatic rings. The standard InChI is InChI=1S/C50H33NO.2C44H29NO/c1-3-12-34(13-4-1)36-24-28-42(29-25-36)51(43-30-26-37(27-31-43)40-23-22-35-14-7-8-17-39(35)32-40)47-21-11-20-45-48-44-19-10-9-18-41(44)33-46(50(48)52-49(45)47)38-15-5-2-6-16-38;1-3-13-31(14-4-1)40-29-33-16-8-10-21-38(33)42-39-23-12-24-41(43(39)46-44(40)42)45(34-18-5-2-6-19-34)35-27-25-32(26-28-35)37-22-11-17-30-15-7-9-20-36(30)37;1-3-13-32(14-4-1)40-29-35-16-9-10-19-38(35)42-39-20-11-21-41(43(39)46-44(40)42)45(36-17-5-2-6-18-36)37-26-24-31(25-27-37)34-23-22-30-12-7-8-15-33(30)28-34/h1-33H;2*1-29H. The molecule has 28 rings (SSSR count). The summed E-state index contributed by atoms with van der Waals surface area (Å²) in [5.41, 5.74) is 31.0. The monoisotopic (exact) mass is 1840 g/mol. The lowest BCUT2D eigenvalue weighted by molar-refractivity contribution is 0.670. The fourth-order valence-corrected chi connectivity index (χ4v) is 21.4. The Kier molecular flexibility index (Phi) is 21.9. The fraction of sp³-hybridized carbons (Fsp3) is 0. The molecule has 0 amide bonds. The Bertz CT molecular complexity index is 9660. The molecule has 0 atom stereocenters. The topological polar surface area (TPSA) is 49.1 Å². The summed E-state index contributed by atoms with van der Waals surface area (Å²) in [6.07, 6.45) is 0. The van der Waals surface area contributed by atoms with Crippen LogP contribution in [0.4, 0.5) is 51.2 Å². The molecule has 0 radical (unpaired) electrons. The molecule has 3 aromatic heterocycles. The second-order valence-corrected chi connectivity index (χ2v) is 36.8. The molecule has 0 bridgehead atoms. The summed E-state index contributed by atoms with van der Waals surface area (Å²) in [6.45, 7) is 0. The van der Waals surface area contributed by atoms with Gasteiger partial charge in [0, 0.05) is 83.1 Å². The number of benzene rings is 25. The molecule has 0 saturated carbocycles. The van der Waals surface area contributed by atoms with Gasteiger partial charge in [0.2, 0.25) is 0 Å². The molecular formula is C138H91N3O3. The van der Waals surface area contributed by atoms with Gasteiger partial charge in [0.05, 0.1) is 17.1 Å². The molecule has 6 nitrogen and oxygen atoms in total. The summed E-state index contributed by atoms with van der Waals surface area (Å²) >= 11 is 0. The van der Waals surface area contributed by atoms with Crippen molar-refractivity contribution in [3.63, 3.8) is 0 Å². The quantitative estimate of drug-likeness (QED) is 0.0961. The van der Waals surface area contributed by atoms with E-state index in [-0.39, 0.29) is 0 Å². The van der Waals surface area contributed by atoms with E-state index in [1.54, 1.807) is 0 Å². The molecule has 0 aliphatic carbocycles. The second-order valence-electron chi connectivity index (χ2n) is 36.8. The van der Waals surface area contributed by atoms with Crippen molar-refractivity contribution in [2.75, 3.05) is 14.7 Å². The van der Waals surface area contributed by atoms with E-state index in [1.807, 2.05) is 0 Å². The van der Waals surface area contributed by atoms with E-state index in [2.05, 4.69) is 567 Å². The number of fused-ring (bicyclic) bond motifs is 18. The minimum absolute atomic E-state index is 0.858. The van der Waals surface area contributed by atoms with E-state index in [4.69, 9.17) is 13.3 Å². The summed E-state index contributed by atoms with van der Waals surface area (Å²) in [5, 5.41) is 21.4. The van der Waals surface area contributed by atoms with E-state index >= 15 is 0 Å². The zero-order valence-corrected chi connectivity index (χ0v) is 78.6. The predicted octanol–water partition coefficient (Wildman–Crippen LogP) is 39.8. The molecule has 0 saturated heterocycles. The van der Waals surface area contributed by atoms with Crippen molar-refractivity contribution in [2.45, 2.75) is 0 Å². The highest BCUT2D eigenvalue weighted by Crippen LogP contribution is 2.53. The Morgan fingerprint density at radius 2 is 0.347 bits per heavy atom. The summed E-state index contributed by atoms with van der Waals surface area (Å²) in [7, 11) is 0. The Labute approximate surface area is 833 Å². The Balaban J connectivity index is 0.000000110. The Morgan fingerprint density at radius 3 is 0.694 bits per heavy atom. The van der Waals surface area contributed by atoms with Crippen LogP contribution in [0.15, 0.2) is 565 Å². The molecule has 25 aromatic carbocycles. The summed E-state index contributed by atoms with van der Waals surface area (Å²) < 4.78 is 21.1. The molecule has 28 aromatic rings. The van der Waals surface area contributed by atoms with Crippen molar-refractivity contribution in [1.29, 1.82) is 0 Å². The molecule has 3 heterocycles. The lowest BCUT2D eigenvalue weighted by atomic mass is 9.96. The van der Waals surface area contributed by atoms with E-state index in [0.717, 1.165) is 150 Å². The van der Waals surface area contributed by atoms with Crippen molar-refractivity contribution < 1.29 is 13.3 Å². The van der Waals surface area contributed by atoms with Gasteiger partial charge in [0.15, 0.2) is 16.7 Å². The van der Waals surface area contributed by atoms with Crippen molar-refractivity contribution in [2.24, 2.45) is 0 Å². The van der Waals surface area contributed by atoms with E-state index in [0.29, 0.717) is 0 Å². The highest BCUT2D eigenvalue weighted by Gasteiger charge is 2.28. The maximum Gasteiger partial charge on any atom is 0.159 e. The highest BCUT2D eigenvalue weighted by atomic mass is 16.3. The van der Waals surface area contributed by atoms with Crippen LogP contribution < -0.4 is 14.7 Å². The normalized spacial score (nSPS) is 11.5. The number of rotatable bonds is 16. The van der Waals surface area contributed by atoms with Gasteiger partial charge in [-0.15, -0.1) is 0 Å². The zero-order valence-electron chi connectivity index (χ0n) is 78.6. The van der Waals surface area contributed by atoms with Gasteiger partial charge >= 0.3 is 0 Å². The average Bonchev–Trinajstić information content (AvgIpc) is 1.57. The number of nitrogens with zero attached hydrogens (tertiary/aromatic N) is 3. The van der Waals surface area contributed by atoms with Crippen molar-refractivity contribution in [3.8, 4) is 77.9 Å². The SMILES string of the molecule is c1ccc(-c2cc3ccccc3c3c2oc2c(N(c4ccccc4)c4ccc(-c5ccc6ccccc6c5)cc4)cccc23)cc1.c1ccc(-c2cc3ccccc3c3c2oc2c(N(c4ccccc4)c4ccc(-c5cccc6ccccc56)cc4)cccc23)cc1.c1ccc(-c2ccc(N(c3ccc(-c4ccc5ccccc5c4)cc3)c3cccc4c3oc3c(-c5ccccc5)cc5ccccc5c34)cc2)cc1. The first-order chi connectivity index (χ1) is 71.4. The molecule has 144 heavy (non-hydrogen) atoms. The molecule has 676 valence electrons. The molecule has 6 heteroatoms. The number of anilines is 9. The van der Waals surface area contributed by atoms with Gasteiger partial charge in [-0.3, -0.25) is 0 Å². The molecule has 0 aliphatic heterocycles. The molecule has 0 spiro atoms. The van der Waals surface area contributed by atoms with Crippen LogP contribution in [0.5, 0.6) is 0 Å². The summed E-state index contributed by atoms with van der Waals surface area (Å²) in [4.78, 5) is 6.94. The van der Waals surface area contributed by atoms with Gasteiger partial charge < -0.3 is 28.0 Å². The van der Waals surface area contributed by atoms with Crippen LogP contribution in [0.2, 0.25) is 0 Å². The van der Waals surface area contributed by atoms with Crippen LogP contribution >= 0.6 is 0 Å². The van der Waals surface area contributed by atoms with E-state index in [1.165, 1.54) is 109 Å². The summed E-state index contributed by atoms with van der Waals surface area (Å²) in [5.74, 6) is 0. The second kappa shape index (κ2) is 37.0. The lowest BCUT2D eigenvalue weighted by Gasteiger charge is -2.26. The van der Waals surface area contributed by atoms with E-state index in [9.17, 15) is 0 Å². The molecular weight excluding hydrogens is 1750 g/mol. The third-order valence-electron chi connectivity index (χ3n) is 28.3. The van der Waals surface area contributed by atoms with Crippen molar-refractivity contribution in [3.05, 3.63) is 552 Å². The minimum atomic E-state index is 0.858. The Hall–Kier alpha value is -19.1. The lowest BCUT2D eigenvalue weighted by Crippen LogP contribution is -2.10. The first-order valence-corrected chi connectivity index (χ1v) is 49.1. The van der Waals surface area contributed by atoms with E-state index < -0.39 is 0 Å². The smallest absolute Gasteiger partial charge is 0.159 e. The van der Waals surface area contributed by atoms with Crippen LogP contribution in [0.1, 0.15) is 0 Å². The molecule has 0 unspecified atom stereocenters. The van der Waals surface area contributed by atoms with Crippen LogP contribution in [0.3, 0.4) is 0 Å². The van der Waals surface area contributed by atoms with Crippen molar-refractivity contribution >= 4 is 182 Å². The Morgan fingerprint density at radius 1 is 0.118 bits per heavy atom. The minimum Gasteiger partial charge on any atom is -0.453 e. The number of hydrogen-bond acceptors (Lipinski definition) is 6. The number of furan rings is 3.